The van der Waals surface area contributed by atoms with E-state index in [2.05, 4.69) is 25.8 Å². The molecule has 1 aliphatic heterocycles. The Balaban J connectivity index is 1.50. The third kappa shape index (κ3) is 4.05. The molecule has 3 heterocycles. The van der Waals surface area contributed by atoms with E-state index in [0.29, 0.717) is 42.9 Å². The number of hydrogen-bond donors (Lipinski definition) is 1. The Labute approximate surface area is 167 Å². The number of fused-ring (bicyclic) bond motifs is 1. The van der Waals surface area contributed by atoms with Crippen LogP contribution in [0.3, 0.4) is 0 Å². The van der Waals surface area contributed by atoms with Crippen LogP contribution < -0.4 is 10.1 Å². The number of aryl methyl sites for hydroxylation is 1. The van der Waals surface area contributed by atoms with Crippen molar-refractivity contribution < 1.29 is 14.1 Å². The molecule has 2 amide bonds. The van der Waals surface area contributed by atoms with Crippen molar-refractivity contribution in [3.05, 3.63) is 47.2 Å². The zero-order valence-corrected chi connectivity index (χ0v) is 16.8. The lowest BCUT2D eigenvalue weighted by Gasteiger charge is -2.29. The van der Waals surface area contributed by atoms with Crippen LogP contribution in [0.1, 0.15) is 36.8 Å². The van der Waals surface area contributed by atoms with Gasteiger partial charge in [-0.2, -0.15) is 4.98 Å². The number of benzene rings is 1. The molecule has 1 aromatic carbocycles. The molecule has 0 saturated heterocycles. The van der Waals surface area contributed by atoms with E-state index in [1.165, 1.54) is 0 Å². The fourth-order valence-electron chi connectivity index (χ4n) is 3.27. The van der Waals surface area contributed by atoms with Crippen LogP contribution >= 0.6 is 0 Å². The highest BCUT2D eigenvalue weighted by Crippen LogP contribution is 2.29. The first-order valence-corrected chi connectivity index (χ1v) is 9.33. The fourth-order valence-corrected chi connectivity index (χ4v) is 3.27. The molecule has 2 aromatic heterocycles. The van der Waals surface area contributed by atoms with Gasteiger partial charge in [-0.1, -0.05) is 28.6 Å². The molecule has 0 saturated carbocycles. The van der Waals surface area contributed by atoms with Crippen LogP contribution in [0.5, 0.6) is 5.75 Å². The van der Waals surface area contributed by atoms with Crippen LogP contribution in [0.4, 0.5) is 10.6 Å². The molecule has 0 bridgehead atoms. The molecule has 0 radical (unpaired) electrons. The van der Waals surface area contributed by atoms with Crippen molar-refractivity contribution >= 4 is 11.8 Å². The minimum absolute atomic E-state index is 0.260. The van der Waals surface area contributed by atoms with E-state index in [1.54, 1.807) is 16.5 Å². The van der Waals surface area contributed by atoms with Crippen molar-refractivity contribution in [2.45, 2.75) is 46.4 Å². The second kappa shape index (κ2) is 7.19. The number of carbonyl (C=O) groups excluding carboxylic acids is 1. The molecule has 4 rings (SSSR count). The molecule has 3 aromatic rings. The topological polar surface area (TPSA) is 111 Å². The predicted molar refractivity (Wildman–Crippen MR) is 103 cm³/mol. The third-order valence-corrected chi connectivity index (χ3v) is 4.65. The average molecular weight is 397 g/mol. The van der Waals surface area contributed by atoms with E-state index in [1.807, 2.05) is 45.0 Å². The quantitative estimate of drug-likeness (QED) is 0.723. The van der Waals surface area contributed by atoms with Gasteiger partial charge in [0.05, 0.1) is 18.8 Å². The van der Waals surface area contributed by atoms with Gasteiger partial charge in [0.25, 0.3) is 0 Å². The lowest BCUT2D eigenvalue weighted by Crippen LogP contribution is -2.45. The van der Waals surface area contributed by atoms with Gasteiger partial charge in [0.2, 0.25) is 5.89 Å². The number of anilines is 1. The number of aromatic nitrogens is 5. The number of nitrogens with zero attached hydrogens (tertiary/aromatic N) is 6. The molecule has 29 heavy (non-hydrogen) atoms. The van der Waals surface area contributed by atoms with E-state index >= 15 is 0 Å². The zero-order chi connectivity index (χ0) is 20.6. The lowest BCUT2D eigenvalue weighted by atomic mass is 10.1. The molecule has 0 unspecified atom stereocenters. The highest BCUT2D eigenvalue weighted by molar-refractivity contribution is 5.88. The Morgan fingerprint density at radius 2 is 2.07 bits per heavy atom. The van der Waals surface area contributed by atoms with Gasteiger partial charge in [-0.05, 0) is 26.8 Å². The largest absolute Gasteiger partial charge is 0.486 e. The minimum Gasteiger partial charge on any atom is -0.486 e. The number of ether oxygens (including phenoxy) is 1. The standard InChI is InChI=1S/C19H23N7O3/c1-12-17(22-24-26(12)10-16-20-13(2)29-23-16)21-18(27)25-9-14-7-5-6-8-15(14)28-19(3,4)11-25/h5-8H,9-11H2,1-4H3,(H,21,27). The molecular formula is C19H23N7O3. The minimum atomic E-state index is -0.521. The van der Waals surface area contributed by atoms with Crippen molar-refractivity contribution in [1.29, 1.82) is 0 Å². The number of hydrogen-bond acceptors (Lipinski definition) is 7. The highest BCUT2D eigenvalue weighted by atomic mass is 16.5. The molecule has 152 valence electrons. The summed E-state index contributed by atoms with van der Waals surface area (Å²) in [5.41, 5.74) is 1.14. The summed E-state index contributed by atoms with van der Waals surface area (Å²) in [6, 6.07) is 7.49. The van der Waals surface area contributed by atoms with Crippen LogP contribution in [-0.4, -0.2) is 48.2 Å². The van der Waals surface area contributed by atoms with Crippen LogP contribution in [0.25, 0.3) is 0 Å². The van der Waals surface area contributed by atoms with Crippen molar-refractivity contribution in [1.82, 2.24) is 30.0 Å². The van der Waals surface area contributed by atoms with Gasteiger partial charge < -0.3 is 14.2 Å². The van der Waals surface area contributed by atoms with Crippen molar-refractivity contribution in [2.24, 2.45) is 0 Å². The van der Waals surface area contributed by atoms with Crippen LogP contribution in [0.15, 0.2) is 28.8 Å². The van der Waals surface area contributed by atoms with Gasteiger partial charge in [0.15, 0.2) is 11.6 Å². The van der Waals surface area contributed by atoms with E-state index in [-0.39, 0.29) is 6.03 Å². The van der Waals surface area contributed by atoms with Crippen LogP contribution in [-0.2, 0) is 13.1 Å². The van der Waals surface area contributed by atoms with Crippen LogP contribution in [0, 0.1) is 13.8 Å². The smallest absolute Gasteiger partial charge is 0.323 e. The van der Waals surface area contributed by atoms with Gasteiger partial charge in [-0.15, -0.1) is 5.10 Å². The first-order valence-electron chi connectivity index (χ1n) is 9.33. The van der Waals surface area contributed by atoms with Crippen molar-refractivity contribution in [2.75, 3.05) is 11.9 Å². The Bertz CT molecular complexity index is 1040. The van der Waals surface area contributed by atoms with Gasteiger partial charge in [0, 0.05) is 12.5 Å². The van der Waals surface area contributed by atoms with E-state index < -0.39 is 5.60 Å². The van der Waals surface area contributed by atoms with Crippen molar-refractivity contribution in [3.63, 3.8) is 0 Å². The second-order valence-electron chi connectivity index (χ2n) is 7.67. The molecule has 0 spiro atoms. The summed E-state index contributed by atoms with van der Waals surface area (Å²) >= 11 is 0. The Morgan fingerprint density at radius 3 is 2.83 bits per heavy atom. The predicted octanol–water partition coefficient (Wildman–Crippen LogP) is 2.53. The third-order valence-electron chi connectivity index (χ3n) is 4.65. The maximum Gasteiger partial charge on any atom is 0.323 e. The molecule has 0 fully saturated rings. The number of para-hydroxylation sites is 1. The fraction of sp³-hybridized carbons (Fsp3) is 0.421. The number of nitrogens with one attached hydrogen (secondary N) is 1. The molecule has 0 atom stereocenters. The summed E-state index contributed by atoms with van der Waals surface area (Å²) in [5, 5.41) is 14.9. The van der Waals surface area contributed by atoms with Gasteiger partial charge in [-0.25, -0.2) is 9.48 Å². The molecular weight excluding hydrogens is 374 g/mol. The summed E-state index contributed by atoms with van der Waals surface area (Å²) in [7, 11) is 0. The Hall–Kier alpha value is -3.43. The molecule has 10 heteroatoms. The maximum atomic E-state index is 13.0. The Kier molecular flexibility index (Phi) is 4.69. The highest BCUT2D eigenvalue weighted by Gasteiger charge is 2.32. The number of urea groups is 1. The first kappa shape index (κ1) is 18.9. The monoisotopic (exact) mass is 397 g/mol. The van der Waals surface area contributed by atoms with Crippen LogP contribution in [0.2, 0.25) is 0 Å². The SMILES string of the molecule is Cc1nc(Cn2nnc(NC(=O)N3Cc4ccccc4OC(C)(C)C3)c2C)no1. The summed E-state index contributed by atoms with van der Waals surface area (Å²) in [6.07, 6.45) is 0. The summed E-state index contributed by atoms with van der Waals surface area (Å²) in [6.45, 7) is 8.66. The van der Waals surface area contributed by atoms with Gasteiger partial charge >= 0.3 is 6.03 Å². The molecule has 10 nitrogen and oxygen atoms in total. The molecule has 0 aliphatic carbocycles. The van der Waals surface area contributed by atoms with Gasteiger partial charge in [-0.3, -0.25) is 5.32 Å². The lowest BCUT2D eigenvalue weighted by molar-refractivity contribution is 0.0834. The summed E-state index contributed by atoms with van der Waals surface area (Å²) < 4.78 is 12.7. The molecule has 1 aliphatic rings. The first-order chi connectivity index (χ1) is 13.8. The number of rotatable bonds is 3. The zero-order valence-electron chi connectivity index (χ0n) is 16.8. The maximum absolute atomic E-state index is 13.0. The Morgan fingerprint density at radius 1 is 1.28 bits per heavy atom. The van der Waals surface area contributed by atoms with E-state index in [0.717, 1.165) is 11.3 Å². The average Bonchev–Trinajstić information content (AvgIpc) is 3.18. The second-order valence-corrected chi connectivity index (χ2v) is 7.67. The molecule has 1 N–H and O–H groups in total. The summed E-state index contributed by atoms with van der Waals surface area (Å²) in [4.78, 5) is 18.9. The normalized spacial score (nSPS) is 15.4. The summed E-state index contributed by atoms with van der Waals surface area (Å²) in [5.74, 6) is 2.17. The van der Waals surface area contributed by atoms with E-state index in [4.69, 9.17) is 9.26 Å². The van der Waals surface area contributed by atoms with Crippen molar-refractivity contribution in [3.8, 4) is 5.75 Å². The number of carbonyl (C=O) groups is 1. The van der Waals surface area contributed by atoms with E-state index in [9.17, 15) is 4.79 Å². The number of amides is 2. The van der Waals surface area contributed by atoms with Gasteiger partial charge in [0.1, 0.15) is 17.9 Å².